The fourth-order valence-electron chi connectivity index (χ4n) is 3.78. The van der Waals surface area contributed by atoms with E-state index in [0.717, 1.165) is 5.56 Å². The topological polar surface area (TPSA) is 70.8 Å². The molecule has 0 bridgehead atoms. The fourth-order valence-corrected chi connectivity index (χ4v) is 3.78. The summed E-state index contributed by atoms with van der Waals surface area (Å²) in [4.78, 5) is 12.0. The Bertz CT molecular complexity index is 1180. The van der Waals surface area contributed by atoms with Gasteiger partial charge in [-0.05, 0) is 35.9 Å². The smallest absolute Gasteiger partial charge is 0.418 e. The van der Waals surface area contributed by atoms with Crippen molar-refractivity contribution in [2.24, 2.45) is 5.73 Å². The Morgan fingerprint density at radius 1 is 1.09 bits per heavy atom. The Hall–Kier alpha value is -3.65. The van der Waals surface area contributed by atoms with E-state index >= 15 is 0 Å². The molecule has 0 spiro atoms. The molecule has 6 nitrogen and oxygen atoms in total. The number of hydrogen-bond acceptors (Lipinski definition) is 4. The van der Waals surface area contributed by atoms with Crippen LogP contribution in [0.1, 0.15) is 17.2 Å². The van der Waals surface area contributed by atoms with Crippen molar-refractivity contribution < 1.29 is 27.8 Å². The summed E-state index contributed by atoms with van der Waals surface area (Å²) in [7, 11) is 4.92. The van der Waals surface area contributed by atoms with Gasteiger partial charge in [0.05, 0.1) is 26.8 Å². The monoisotopic (exact) mass is 441 g/mol. The summed E-state index contributed by atoms with van der Waals surface area (Å²) < 4.78 is 42.4. The van der Waals surface area contributed by atoms with Gasteiger partial charge in [-0.1, -0.05) is 18.2 Å². The van der Waals surface area contributed by atoms with Gasteiger partial charge in [-0.15, -0.1) is 0 Å². The number of nitrogens with two attached hydrogens (primary N) is 1. The lowest BCUT2D eigenvalue weighted by molar-refractivity contribution is -0.0496. The number of quaternary nitrogens is 1. The molecule has 1 heterocycles. The number of fused-ring (bicyclic) bond motifs is 3. The third kappa shape index (κ3) is 3.73. The Labute approximate surface area is 184 Å². The van der Waals surface area contributed by atoms with Crippen molar-refractivity contribution in [2.75, 3.05) is 21.2 Å². The molecule has 166 valence electrons. The molecular formula is C24H23F2N2O4+. The van der Waals surface area contributed by atoms with E-state index in [0.29, 0.717) is 33.9 Å². The number of ether oxygens (including phenoxy) is 3. The molecule has 2 N–H and O–H groups in total. The Kier molecular flexibility index (Phi) is 5.48. The minimum atomic E-state index is -2.98. The highest BCUT2D eigenvalue weighted by atomic mass is 19.3. The highest BCUT2D eigenvalue weighted by Gasteiger charge is 2.34. The zero-order chi connectivity index (χ0) is 23.0. The van der Waals surface area contributed by atoms with Crippen molar-refractivity contribution in [2.45, 2.75) is 12.7 Å². The second kappa shape index (κ2) is 8.12. The van der Waals surface area contributed by atoms with Gasteiger partial charge in [0.25, 0.3) is 0 Å². The normalized spacial score (nSPS) is 14.9. The first-order valence-corrected chi connectivity index (χ1v) is 9.89. The number of hydrogen-bond donors (Lipinski definition) is 1. The van der Waals surface area contributed by atoms with E-state index in [4.69, 9.17) is 19.9 Å². The van der Waals surface area contributed by atoms with E-state index in [9.17, 15) is 13.6 Å². The van der Waals surface area contributed by atoms with Gasteiger partial charge in [0.15, 0.2) is 0 Å². The summed E-state index contributed by atoms with van der Waals surface area (Å²) in [5.41, 5.74) is 8.83. The van der Waals surface area contributed by atoms with Crippen molar-refractivity contribution in [1.29, 1.82) is 0 Å². The van der Waals surface area contributed by atoms with E-state index in [1.54, 1.807) is 45.5 Å². The van der Waals surface area contributed by atoms with Gasteiger partial charge in [-0.2, -0.15) is 8.78 Å². The lowest BCUT2D eigenvalue weighted by atomic mass is 9.88. The molecule has 0 saturated heterocycles. The maximum atomic E-state index is 13.1. The molecule has 1 atom stereocenters. The van der Waals surface area contributed by atoms with Gasteiger partial charge < -0.3 is 19.9 Å². The minimum Gasteiger partial charge on any atom is -0.497 e. The third-order valence-corrected chi connectivity index (χ3v) is 5.63. The van der Waals surface area contributed by atoms with Crippen molar-refractivity contribution >= 4 is 11.7 Å². The van der Waals surface area contributed by atoms with Crippen LogP contribution in [0, 0.1) is 0 Å². The fraction of sp³-hybridized carbons (Fsp3) is 0.208. The van der Waals surface area contributed by atoms with Gasteiger partial charge >= 0.3 is 12.6 Å². The van der Waals surface area contributed by atoms with Crippen LogP contribution < -0.4 is 24.4 Å². The highest BCUT2D eigenvalue weighted by Crippen LogP contribution is 2.50. The van der Waals surface area contributed by atoms with Crippen LogP contribution in [-0.2, 0) is 0 Å². The zero-order valence-corrected chi connectivity index (χ0v) is 17.8. The van der Waals surface area contributed by atoms with E-state index in [1.807, 2.05) is 30.3 Å². The molecule has 4 rings (SSSR count). The summed E-state index contributed by atoms with van der Waals surface area (Å²) >= 11 is 0. The van der Waals surface area contributed by atoms with E-state index in [2.05, 4.69) is 0 Å². The predicted octanol–water partition coefficient (Wildman–Crippen LogP) is 5.09. The minimum absolute atomic E-state index is 0.0132. The van der Waals surface area contributed by atoms with E-state index in [-0.39, 0.29) is 10.2 Å². The first-order chi connectivity index (χ1) is 15.2. The average molecular weight is 441 g/mol. The highest BCUT2D eigenvalue weighted by molar-refractivity contribution is 5.87. The average Bonchev–Trinajstić information content (AvgIpc) is 2.77. The largest absolute Gasteiger partial charge is 0.497 e. The molecule has 0 radical (unpaired) electrons. The van der Waals surface area contributed by atoms with Crippen molar-refractivity contribution in [3.63, 3.8) is 0 Å². The number of methoxy groups -OCH3 is 1. The lowest BCUT2D eigenvalue weighted by Gasteiger charge is -2.32. The summed E-state index contributed by atoms with van der Waals surface area (Å²) in [6.45, 7) is -2.98. The molecule has 1 aliphatic rings. The van der Waals surface area contributed by atoms with Crippen LogP contribution in [-0.4, -0.2) is 33.8 Å². The van der Waals surface area contributed by atoms with Crippen LogP contribution in [0.25, 0.3) is 11.1 Å². The molecule has 3 aromatic rings. The first kappa shape index (κ1) is 21.6. The second-order valence-corrected chi connectivity index (χ2v) is 7.85. The predicted molar refractivity (Wildman–Crippen MR) is 117 cm³/mol. The molecule has 0 aliphatic carbocycles. The number of nitrogens with zero attached hydrogens (tertiary/aromatic N) is 1. The molecule has 0 aromatic heterocycles. The zero-order valence-electron chi connectivity index (χ0n) is 17.8. The molecule has 32 heavy (non-hydrogen) atoms. The maximum Gasteiger partial charge on any atom is 0.418 e. The standard InChI is InChI=1S/C24H22F2N2O4/c1-28(2,24(27)29)15-10-11-17-18(13-15)22(14-6-4-7-16(12-14)30-3)31-19-8-5-9-20(21(17)19)32-23(25)26/h4-13,22-23H,1-3H3,(H-,27,29)/p+1. The Balaban J connectivity index is 1.95. The van der Waals surface area contributed by atoms with Gasteiger partial charge in [-0.25, -0.2) is 9.28 Å². The van der Waals surface area contributed by atoms with E-state index < -0.39 is 18.7 Å². The van der Waals surface area contributed by atoms with Gasteiger partial charge in [0.1, 0.15) is 29.0 Å². The summed E-state index contributed by atoms with van der Waals surface area (Å²) in [6, 6.07) is 17.0. The van der Waals surface area contributed by atoms with Gasteiger partial charge in [-0.3, -0.25) is 0 Å². The van der Waals surface area contributed by atoms with Gasteiger partial charge in [0, 0.05) is 23.3 Å². The summed E-state index contributed by atoms with van der Waals surface area (Å²) in [6.07, 6.45) is -0.567. The number of rotatable bonds is 5. The number of urea groups is 1. The van der Waals surface area contributed by atoms with Crippen LogP contribution in [0.4, 0.5) is 19.3 Å². The number of benzene rings is 3. The number of halogens is 2. The van der Waals surface area contributed by atoms with Crippen LogP contribution >= 0.6 is 0 Å². The molecule has 0 saturated carbocycles. The number of carbonyl (C=O) groups excluding carboxylic acids is 1. The third-order valence-electron chi connectivity index (χ3n) is 5.63. The molecule has 0 fully saturated rings. The van der Waals surface area contributed by atoms with Crippen LogP contribution in [0.3, 0.4) is 0 Å². The summed E-state index contributed by atoms with van der Waals surface area (Å²) in [5, 5.41) is 0. The molecule has 1 unspecified atom stereocenters. The lowest BCUT2D eigenvalue weighted by Crippen LogP contribution is -2.50. The Morgan fingerprint density at radius 2 is 1.84 bits per heavy atom. The van der Waals surface area contributed by atoms with Crippen molar-refractivity contribution in [1.82, 2.24) is 4.48 Å². The molecule has 8 heteroatoms. The number of alkyl halides is 2. The number of amides is 2. The number of primary amides is 1. The Morgan fingerprint density at radius 3 is 2.53 bits per heavy atom. The quantitative estimate of drug-likeness (QED) is 0.560. The number of carbonyl (C=O) groups is 1. The second-order valence-electron chi connectivity index (χ2n) is 7.85. The molecule has 1 aliphatic heterocycles. The SMILES string of the molecule is COc1cccc(C2Oc3cccc(OC(F)F)c3-c3ccc([N+](C)(C)C(N)=O)cc32)c1. The van der Waals surface area contributed by atoms with Crippen molar-refractivity contribution in [3.05, 3.63) is 71.8 Å². The van der Waals surface area contributed by atoms with Gasteiger partial charge in [0.2, 0.25) is 0 Å². The molecule has 3 aromatic carbocycles. The van der Waals surface area contributed by atoms with Crippen LogP contribution in [0.5, 0.6) is 17.2 Å². The van der Waals surface area contributed by atoms with Crippen LogP contribution in [0.2, 0.25) is 0 Å². The summed E-state index contributed by atoms with van der Waals surface area (Å²) in [5.74, 6) is 1.08. The maximum absolute atomic E-state index is 13.1. The van der Waals surface area contributed by atoms with E-state index in [1.165, 1.54) is 6.07 Å². The molecule has 2 amide bonds. The first-order valence-electron chi connectivity index (χ1n) is 9.89. The molecular weight excluding hydrogens is 418 g/mol. The van der Waals surface area contributed by atoms with Crippen LogP contribution in [0.15, 0.2) is 60.7 Å². The van der Waals surface area contributed by atoms with Crippen molar-refractivity contribution in [3.8, 4) is 28.4 Å².